The van der Waals surface area contributed by atoms with Crippen molar-refractivity contribution in [1.29, 1.82) is 0 Å². The lowest BCUT2D eigenvalue weighted by Gasteiger charge is -2.30. The molecule has 0 radical (unpaired) electrons. The van der Waals surface area contributed by atoms with E-state index in [1.54, 1.807) is 0 Å². The van der Waals surface area contributed by atoms with E-state index < -0.39 is 11.6 Å². The molecule has 2 N–H and O–H groups in total. The minimum atomic E-state index is -1.45. The summed E-state index contributed by atoms with van der Waals surface area (Å²) in [5.74, 6) is -0.605. The monoisotopic (exact) mass is 216 g/mol. The van der Waals surface area contributed by atoms with E-state index in [2.05, 4.69) is 10.2 Å². The van der Waals surface area contributed by atoms with Crippen LogP contribution in [0.5, 0.6) is 0 Å². The van der Waals surface area contributed by atoms with Crippen molar-refractivity contribution in [2.45, 2.75) is 31.8 Å². The predicted octanol–water partition coefficient (Wildman–Crippen LogP) is -0.0991. The Kier molecular flexibility index (Phi) is 4.50. The topological polar surface area (TPSA) is 61.8 Å². The molecule has 0 saturated carbocycles. The van der Waals surface area contributed by atoms with E-state index in [0.29, 0.717) is 0 Å². The van der Waals surface area contributed by atoms with Crippen LogP contribution < -0.4 is 5.43 Å². The molecule has 1 saturated heterocycles. The summed E-state index contributed by atoms with van der Waals surface area (Å²) < 4.78 is 4.51. The van der Waals surface area contributed by atoms with Crippen LogP contribution in [-0.2, 0) is 9.53 Å². The second kappa shape index (κ2) is 5.44. The van der Waals surface area contributed by atoms with Gasteiger partial charge in [-0.15, -0.1) is 0 Å². The smallest absolute Gasteiger partial charge is 0.338 e. The average Bonchev–Trinajstić information content (AvgIpc) is 2.27. The van der Waals surface area contributed by atoms with Gasteiger partial charge < -0.3 is 9.84 Å². The largest absolute Gasteiger partial charge is 0.467 e. The number of carbonyl (C=O) groups excluding carboxylic acids is 1. The van der Waals surface area contributed by atoms with Gasteiger partial charge in [-0.1, -0.05) is 6.42 Å². The van der Waals surface area contributed by atoms with Gasteiger partial charge >= 0.3 is 5.97 Å². The number of ether oxygens (including phenoxy) is 1. The molecule has 1 atom stereocenters. The molecular weight excluding hydrogens is 196 g/mol. The number of methoxy groups -OCH3 is 1. The molecule has 1 heterocycles. The van der Waals surface area contributed by atoms with Gasteiger partial charge in [-0.2, -0.15) is 0 Å². The molecule has 0 aromatic heterocycles. The van der Waals surface area contributed by atoms with E-state index in [0.717, 1.165) is 25.9 Å². The first kappa shape index (κ1) is 12.4. The zero-order valence-corrected chi connectivity index (χ0v) is 9.45. The lowest BCUT2D eigenvalue weighted by molar-refractivity contribution is -0.161. The molecule has 1 aliphatic heterocycles. The van der Waals surface area contributed by atoms with Crippen LogP contribution in [0.15, 0.2) is 0 Å². The van der Waals surface area contributed by atoms with Crippen molar-refractivity contribution in [3.05, 3.63) is 0 Å². The Morgan fingerprint density at radius 2 is 2.07 bits per heavy atom. The van der Waals surface area contributed by atoms with Gasteiger partial charge in [0, 0.05) is 19.6 Å². The molecule has 1 unspecified atom stereocenters. The van der Waals surface area contributed by atoms with Crippen LogP contribution >= 0.6 is 0 Å². The maximum Gasteiger partial charge on any atom is 0.338 e. The molecule has 0 amide bonds. The first-order valence-corrected chi connectivity index (χ1v) is 5.35. The second-order valence-corrected chi connectivity index (χ2v) is 4.15. The van der Waals surface area contributed by atoms with Crippen LogP contribution in [0.2, 0.25) is 0 Å². The van der Waals surface area contributed by atoms with E-state index in [9.17, 15) is 9.90 Å². The normalized spacial score (nSPS) is 22.1. The number of nitrogens with one attached hydrogen (secondary N) is 1. The second-order valence-electron chi connectivity index (χ2n) is 4.15. The summed E-state index contributed by atoms with van der Waals surface area (Å²) in [7, 11) is 1.28. The van der Waals surface area contributed by atoms with Gasteiger partial charge in [-0.25, -0.2) is 9.80 Å². The fraction of sp³-hybridized carbons (Fsp3) is 0.900. The SMILES string of the molecule is COC(=O)C(C)(O)CNN1CCCCC1. The van der Waals surface area contributed by atoms with Crippen molar-refractivity contribution in [3.8, 4) is 0 Å². The van der Waals surface area contributed by atoms with Gasteiger partial charge in [-0.05, 0) is 19.8 Å². The van der Waals surface area contributed by atoms with Crippen LogP contribution in [0.4, 0.5) is 0 Å². The van der Waals surface area contributed by atoms with Crippen LogP contribution in [0, 0.1) is 0 Å². The Balaban J connectivity index is 2.31. The Morgan fingerprint density at radius 3 is 2.60 bits per heavy atom. The van der Waals surface area contributed by atoms with Crippen molar-refractivity contribution in [3.63, 3.8) is 0 Å². The van der Waals surface area contributed by atoms with Gasteiger partial charge in [0.1, 0.15) is 0 Å². The molecule has 1 aliphatic rings. The van der Waals surface area contributed by atoms with Crippen molar-refractivity contribution in [2.24, 2.45) is 0 Å². The summed E-state index contributed by atoms with van der Waals surface area (Å²) in [5, 5.41) is 11.8. The standard InChI is InChI=1S/C10H20N2O3/c1-10(14,9(13)15-2)8-11-12-6-4-3-5-7-12/h11,14H,3-8H2,1-2H3. The van der Waals surface area contributed by atoms with Crippen molar-refractivity contribution in [1.82, 2.24) is 10.4 Å². The lowest BCUT2D eigenvalue weighted by atomic mass is 10.1. The molecule has 88 valence electrons. The molecule has 5 heteroatoms. The zero-order chi connectivity index (χ0) is 11.3. The van der Waals surface area contributed by atoms with Gasteiger partial charge in [0.15, 0.2) is 5.60 Å². The average molecular weight is 216 g/mol. The summed E-state index contributed by atoms with van der Waals surface area (Å²) >= 11 is 0. The summed E-state index contributed by atoms with van der Waals surface area (Å²) in [6, 6.07) is 0. The number of esters is 1. The van der Waals surface area contributed by atoms with E-state index in [-0.39, 0.29) is 6.54 Å². The number of rotatable bonds is 4. The zero-order valence-electron chi connectivity index (χ0n) is 9.45. The third-order valence-corrected chi connectivity index (χ3v) is 2.63. The quantitative estimate of drug-likeness (QED) is 0.643. The first-order chi connectivity index (χ1) is 7.06. The number of nitrogens with zero attached hydrogens (tertiary/aromatic N) is 1. The molecule has 0 aliphatic carbocycles. The molecule has 1 fully saturated rings. The molecular formula is C10H20N2O3. The Morgan fingerprint density at radius 1 is 1.47 bits per heavy atom. The van der Waals surface area contributed by atoms with Crippen LogP contribution in [-0.4, -0.2) is 48.4 Å². The van der Waals surface area contributed by atoms with Gasteiger partial charge in [0.25, 0.3) is 0 Å². The minimum Gasteiger partial charge on any atom is -0.467 e. The Hall–Kier alpha value is -0.650. The van der Waals surface area contributed by atoms with E-state index in [1.807, 2.05) is 5.01 Å². The highest BCUT2D eigenvalue weighted by molar-refractivity contribution is 5.78. The summed E-state index contributed by atoms with van der Waals surface area (Å²) in [6.45, 7) is 3.59. The molecule has 1 rings (SSSR count). The number of hydrogen-bond acceptors (Lipinski definition) is 5. The summed E-state index contributed by atoms with van der Waals surface area (Å²) in [4.78, 5) is 11.2. The van der Waals surface area contributed by atoms with Gasteiger partial charge in [-0.3, -0.25) is 5.43 Å². The summed E-state index contributed by atoms with van der Waals surface area (Å²) in [6.07, 6.45) is 3.58. The van der Waals surface area contributed by atoms with Gasteiger partial charge in [0.2, 0.25) is 0 Å². The first-order valence-electron chi connectivity index (χ1n) is 5.35. The molecule has 0 bridgehead atoms. The molecule has 0 spiro atoms. The molecule has 5 nitrogen and oxygen atoms in total. The Bertz CT molecular complexity index is 213. The predicted molar refractivity (Wildman–Crippen MR) is 56.1 cm³/mol. The van der Waals surface area contributed by atoms with Gasteiger partial charge in [0.05, 0.1) is 7.11 Å². The highest BCUT2D eigenvalue weighted by Gasteiger charge is 2.31. The van der Waals surface area contributed by atoms with Crippen LogP contribution in [0.25, 0.3) is 0 Å². The lowest BCUT2D eigenvalue weighted by Crippen LogP contribution is -2.52. The third kappa shape index (κ3) is 3.77. The maximum atomic E-state index is 11.2. The number of hydrogen-bond donors (Lipinski definition) is 2. The van der Waals surface area contributed by atoms with E-state index >= 15 is 0 Å². The maximum absolute atomic E-state index is 11.2. The van der Waals surface area contributed by atoms with Crippen molar-refractivity contribution < 1.29 is 14.6 Å². The highest BCUT2D eigenvalue weighted by atomic mass is 16.5. The number of carbonyl (C=O) groups is 1. The summed E-state index contributed by atoms with van der Waals surface area (Å²) in [5.41, 5.74) is 1.61. The Labute approximate surface area is 90.4 Å². The van der Waals surface area contributed by atoms with Crippen molar-refractivity contribution in [2.75, 3.05) is 26.7 Å². The molecule has 0 aromatic carbocycles. The van der Waals surface area contributed by atoms with E-state index in [1.165, 1.54) is 20.5 Å². The number of aliphatic hydroxyl groups is 1. The fourth-order valence-corrected chi connectivity index (χ4v) is 1.61. The van der Waals surface area contributed by atoms with Crippen molar-refractivity contribution >= 4 is 5.97 Å². The number of hydrazine groups is 1. The fourth-order valence-electron chi connectivity index (χ4n) is 1.61. The third-order valence-electron chi connectivity index (χ3n) is 2.63. The molecule has 15 heavy (non-hydrogen) atoms. The van der Waals surface area contributed by atoms with Crippen LogP contribution in [0.3, 0.4) is 0 Å². The highest BCUT2D eigenvalue weighted by Crippen LogP contribution is 2.08. The number of piperidine rings is 1. The van der Waals surface area contributed by atoms with E-state index in [4.69, 9.17) is 0 Å². The van der Waals surface area contributed by atoms with Crippen LogP contribution in [0.1, 0.15) is 26.2 Å². The molecule has 0 aromatic rings. The minimum absolute atomic E-state index is 0.194.